The van der Waals surface area contributed by atoms with Crippen molar-refractivity contribution in [3.8, 4) is 0 Å². The van der Waals surface area contributed by atoms with Gasteiger partial charge in [0.1, 0.15) is 10.6 Å². The van der Waals surface area contributed by atoms with Gasteiger partial charge in [-0.3, -0.25) is 14.5 Å². The van der Waals surface area contributed by atoms with Gasteiger partial charge in [0.05, 0.1) is 17.0 Å². The Morgan fingerprint density at radius 1 is 1.07 bits per heavy atom. The summed E-state index contributed by atoms with van der Waals surface area (Å²) in [5, 5.41) is 9.91. The van der Waals surface area contributed by atoms with Crippen LogP contribution in [0.25, 0.3) is 11.0 Å². The molecule has 0 aliphatic carbocycles. The second-order valence-electron chi connectivity index (χ2n) is 7.13. The average Bonchev–Trinajstić information content (AvgIpc) is 3.30. The molecule has 0 saturated carbocycles. The van der Waals surface area contributed by atoms with E-state index in [0.717, 1.165) is 21.0 Å². The number of fused-ring (bicyclic) bond motifs is 2. The second-order valence-corrected chi connectivity index (χ2v) is 9.17. The highest BCUT2D eigenvalue weighted by Gasteiger charge is 2.45. The molecule has 1 atom stereocenters. The van der Waals surface area contributed by atoms with Crippen molar-refractivity contribution in [2.24, 2.45) is 0 Å². The number of hydrogen-bond acceptors (Lipinski definition) is 7. The number of nitrogens with zero attached hydrogens (tertiary/aromatic N) is 3. The summed E-state index contributed by atoms with van der Waals surface area (Å²) in [4.78, 5) is 29.6. The zero-order valence-electron chi connectivity index (χ0n) is 16.5. The lowest BCUT2D eigenvalue weighted by molar-refractivity contribution is 0.0970. The third-order valence-corrected chi connectivity index (χ3v) is 6.76. The van der Waals surface area contributed by atoms with E-state index < -0.39 is 6.04 Å². The van der Waals surface area contributed by atoms with Gasteiger partial charge in [-0.15, -0.1) is 22.0 Å². The molecule has 6 nitrogen and oxygen atoms in total. The highest BCUT2D eigenvalue weighted by molar-refractivity contribution is 7.98. The molecule has 0 radical (unpaired) electrons. The Bertz CT molecular complexity index is 1360. The maximum Gasteiger partial charge on any atom is 0.297 e. The molecule has 1 aliphatic rings. The van der Waals surface area contributed by atoms with Gasteiger partial charge in [-0.2, -0.15) is 0 Å². The van der Waals surface area contributed by atoms with Crippen LogP contribution in [0.1, 0.15) is 38.3 Å². The minimum absolute atomic E-state index is 0.0724. The van der Waals surface area contributed by atoms with Crippen LogP contribution in [0.4, 0.5) is 5.13 Å². The Labute approximate surface area is 180 Å². The van der Waals surface area contributed by atoms with Gasteiger partial charge in [0.15, 0.2) is 5.43 Å². The molecule has 0 spiro atoms. The van der Waals surface area contributed by atoms with Crippen LogP contribution in [-0.4, -0.2) is 22.4 Å². The van der Waals surface area contributed by atoms with Gasteiger partial charge in [0.25, 0.3) is 5.91 Å². The van der Waals surface area contributed by atoms with Gasteiger partial charge in [-0.25, -0.2) is 0 Å². The van der Waals surface area contributed by atoms with Gasteiger partial charge in [0, 0.05) is 4.90 Å². The largest absolute Gasteiger partial charge is 0.450 e. The van der Waals surface area contributed by atoms with Gasteiger partial charge in [-0.05, 0) is 49.9 Å². The fourth-order valence-electron chi connectivity index (χ4n) is 3.77. The first kappa shape index (κ1) is 19.0. The molecule has 5 rings (SSSR count). The summed E-state index contributed by atoms with van der Waals surface area (Å²) in [5.74, 6) is -0.303. The van der Waals surface area contributed by atoms with Crippen LogP contribution in [0.3, 0.4) is 0 Å². The summed E-state index contributed by atoms with van der Waals surface area (Å²) in [6.07, 6.45) is 2.00. The Morgan fingerprint density at radius 2 is 1.83 bits per heavy atom. The summed E-state index contributed by atoms with van der Waals surface area (Å²) in [5.41, 5.74) is 2.35. The minimum atomic E-state index is -0.614. The molecule has 0 bridgehead atoms. The van der Waals surface area contributed by atoms with Crippen molar-refractivity contribution < 1.29 is 9.21 Å². The highest BCUT2D eigenvalue weighted by Crippen LogP contribution is 2.42. The van der Waals surface area contributed by atoms with Crippen LogP contribution >= 0.6 is 23.1 Å². The van der Waals surface area contributed by atoms with Crippen molar-refractivity contribution >= 4 is 45.1 Å². The molecular formula is C22H17N3O3S2. The molecule has 0 N–H and O–H groups in total. The number of aryl methyl sites for hydroxylation is 2. The number of hydrogen-bond donors (Lipinski definition) is 0. The number of carbonyl (C=O) groups excluding carboxylic acids is 1. The van der Waals surface area contributed by atoms with Gasteiger partial charge in [0.2, 0.25) is 10.9 Å². The molecule has 30 heavy (non-hydrogen) atoms. The van der Waals surface area contributed by atoms with E-state index in [-0.39, 0.29) is 17.1 Å². The Hall–Kier alpha value is -2.97. The van der Waals surface area contributed by atoms with E-state index in [1.165, 1.54) is 16.2 Å². The molecule has 8 heteroatoms. The molecule has 2 aromatic heterocycles. The lowest BCUT2D eigenvalue weighted by Crippen LogP contribution is -2.29. The molecule has 2 aromatic carbocycles. The summed E-state index contributed by atoms with van der Waals surface area (Å²) in [6.45, 7) is 3.75. The van der Waals surface area contributed by atoms with Crippen LogP contribution in [0, 0.1) is 13.8 Å². The number of carbonyl (C=O) groups is 1. The monoisotopic (exact) mass is 435 g/mol. The van der Waals surface area contributed by atoms with Crippen molar-refractivity contribution in [2.45, 2.75) is 24.8 Å². The van der Waals surface area contributed by atoms with Crippen LogP contribution in [0.5, 0.6) is 0 Å². The first-order valence-electron chi connectivity index (χ1n) is 9.33. The summed E-state index contributed by atoms with van der Waals surface area (Å²) in [6, 6.07) is 12.6. The van der Waals surface area contributed by atoms with E-state index in [0.29, 0.717) is 21.7 Å². The number of aromatic nitrogens is 2. The number of anilines is 1. The fourth-order valence-corrected chi connectivity index (χ4v) is 4.89. The molecule has 1 amide bonds. The van der Waals surface area contributed by atoms with Crippen molar-refractivity contribution in [1.29, 1.82) is 0 Å². The van der Waals surface area contributed by atoms with Crippen molar-refractivity contribution in [2.75, 3.05) is 11.2 Å². The van der Waals surface area contributed by atoms with Gasteiger partial charge < -0.3 is 4.42 Å². The standard InChI is InChI=1S/C22H17N3O3S2/c1-11-4-9-16-15(10-11)19(26)17-18(13-5-7-14(29-3)8-6-13)25(21(27)20(17)28-16)22-24-23-12(2)30-22/h4-10,18H,1-3H3. The highest BCUT2D eigenvalue weighted by atomic mass is 32.2. The molecule has 1 unspecified atom stereocenters. The van der Waals surface area contributed by atoms with E-state index >= 15 is 0 Å². The van der Waals surface area contributed by atoms with E-state index in [9.17, 15) is 9.59 Å². The quantitative estimate of drug-likeness (QED) is 0.433. The van der Waals surface area contributed by atoms with Gasteiger partial charge in [-0.1, -0.05) is 35.1 Å². The molecule has 150 valence electrons. The third-order valence-electron chi connectivity index (χ3n) is 5.18. The molecule has 0 saturated heterocycles. The molecule has 0 fully saturated rings. The van der Waals surface area contributed by atoms with Crippen LogP contribution in [0.2, 0.25) is 0 Å². The number of amides is 1. The molecular weight excluding hydrogens is 418 g/mol. The fraction of sp³-hybridized carbons (Fsp3) is 0.182. The van der Waals surface area contributed by atoms with E-state index in [2.05, 4.69) is 10.2 Å². The van der Waals surface area contributed by atoms with E-state index in [1.54, 1.807) is 23.9 Å². The predicted molar refractivity (Wildman–Crippen MR) is 119 cm³/mol. The lowest BCUT2D eigenvalue weighted by Gasteiger charge is -2.22. The van der Waals surface area contributed by atoms with E-state index in [1.807, 2.05) is 50.4 Å². The topological polar surface area (TPSA) is 76.3 Å². The molecule has 3 heterocycles. The summed E-state index contributed by atoms with van der Waals surface area (Å²) in [7, 11) is 0. The predicted octanol–water partition coefficient (Wildman–Crippen LogP) is 4.73. The molecule has 4 aromatic rings. The molecule has 1 aliphatic heterocycles. The van der Waals surface area contributed by atoms with Crippen molar-refractivity contribution in [3.63, 3.8) is 0 Å². The van der Waals surface area contributed by atoms with Crippen molar-refractivity contribution in [3.05, 3.63) is 80.1 Å². The minimum Gasteiger partial charge on any atom is -0.450 e. The maximum atomic E-state index is 13.5. The van der Waals surface area contributed by atoms with E-state index in [4.69, 9.17) is 4.42 Å². The Balaban J connectivity index is 1.80. The van der Waals surface area contributed by atoms with Crippen LogP contribution < -0.4 is 10.3 Å². The zero-order chi connectivity index (χ0) is 21.0. The average molecular weight is 436 g/mol. The first-order valence-corrected chi connectivity index (χ1v) is 11.4. The van der Waals surface area contributed by atoms with Gasteiger partial charge >= 0.3 is 0 Å². The zero-order valence-corrected chi connectivity index (χ0v) is 18.1. The van der Waals surface area contributed by atoms with Crippen LogP contribution in [-0.2, 0) is 0 Å². The third kappa shape index (κ3) is 2.86. The number of thioether (sulfide) groups is 1. The lowest BCUT2D eigenvalue weighted by atomic mass is 9.98. The Kier molecular flexibility index (Phi) is 4.48. The van der Waals surface area contributed by atoms with Crippen LogP contribution in [0.15, 0.2) is 56.6 Å². The first-order chi connectivity index (χ1) is 14.5. The smallest absolute Gasteiger partial charge is 0.297 e. The second kappa shape index (κ2) is 7.07. The summed E-state index contributed by atoms with van der Waals surface area (Å²) < 4.78 is 5.97. The Morgan fingerprint density at radius 3 is 2.50 bits per heavy atom. The number of rotatable bonds is 3. The maximum absolute atomic E-state index is 13.5. The SMILES string of the molecule is CSc1ccc(C2c3c(oc4ccc(C)cc4c3=O)C(=O)N2c2nnc(C)s2)cc1. The van der Waals surface area contributed by atoms with Crippen molar-refractivity contribution in [1.82, 2.24) is 10.2 Å². The normalized spacial score (nSPS) is 15.8. The summed E-state index contributed by atoms with van der Waals surface area (Å²) >= 11 is 2.95. The number of benzene rings is 2.